The van der Waals surface area contributed by atoms with Crippen LogP contribution in [0.2, 0.25) is 5.02 Å². The van der Waals surface area contributed by atoms with Crippen molar-refractivity contribution in [1.29, 1.82) is 0 Å². The van der Waals surface area contributed by atoms with Crippen molar-refractivity contribution in [2.75, 3.05) is 19.6 Å². The third-order valence-corrected chi connectivity index (χ3v) is 5.59. The molecule has 1 aliphatic carbocycles. The molecule has 1 amide bonds. The number of amides is 1. The minimum atomic E-state index is 0.213. The largest absolute Gasteiger partial charge is 0.338 e. The Kier molecular flexibility index (Phi) is 3.87. The number of hydrogen-bond acceptors (Lipinski definition) is 2. The first-order valence-corrected chi connectivity index (χ1v) is 8.84. The average Bonchev–Trinajstić information content (AvgIpc) is 3.33. The van der Waals surface area contributed by atoms with Gasteiger partial charge in [0.25, 0.3) is 0 Å². The maximum atomic E-state index is 12.7. The maximum absolute atomic E-state index is 12.7. The molecular weight excluding hydrogens is 296 g/mol. The van der Waals surface area contributed by atoms with Gasteiger partial charge >= 0.3 is 0 Å². The lowest BCUT2D eigenvalue weighted by atomic mass is 9.94. The number of piperidine rings is 1. The minimum absolute atomic E-state index is 0.213. The Balaban J connectivity index is 1.47. The summed E-state index contributed by atoms with van der Waals surface area (Å²) in [6.07, 6.45) is 4.88. The normalized spacial score (nSPS) is 29.0. The van der Waals surface area contributed by atoms with Crippen LogP contribution in [0.1, 0.15) is 31.2 Å². The summed E-state index contributed by atoms with van der Waals surface area (Å²) in [5.41, 5.74) is 1.28. The zero-order valence-electron chi connectivity index (χ0n) is 12.9. The van der Waals surface area contributed by atoms with E-state index in [-0.39, 0.29) is 5.92 Å². The highest BCUT2D eigenvalue weighted by Gasteiger charge is 2.42. The molecule has 0 unspecified atom stereocenters. The number of carbonyl (C=O) groups is 1. The smallest absolute Gasteiger partial charge is 0.227 e. The van der Waals surface area contributed by atoms with E-state index in [9.17, 15) is 4.79 Å². The van der Waals surface area contributed by atoms with Gasteiger partial charge in [0, 0.05) is 37.2 Å². The first-order valence-electron chi connectivity index (χ1n) is 8.46. The van der Waals surface area contributed by atoms with E-state index in [1.165, 1.54) is 24.8 Å². The van der Waals surface area contributed by atoms with Crippen LogP contribution in [0.4, 0.5) is 0 Å². The summed E-state index contributed by atoms with van der Waals surface area (Å²) in [5, 5.41) is 0.783. The van der Waals surface area contributed by atoms with Crippen LogP contribution in [0.15, 0.2) is 24.3 Å². The van der Waals surface area contributed by atoms with E-state index in [2.05, 4.69) is 21.9 Å². The molecule has 0 radical (unpaired) electrons. The van der Waals surface area contributed by atoms with Crippen molar-refractivity contribution < 1.29 is 4.79 Å². The van der Waals surface area contributed by atoms with Gasteiger partial charge in [-0.3, -0.25) is 9.69 Å². The van der Waals surface area contributed by atoms with E-state index in [1.807, 2.05) is 12.1 Å². The molecule has 4 aliphatic rings. The second-order valence-electron chi connectivity index (χ2n) is 7.18. The van der Waals surface area contributed by atoms with Gasteiger partial charge < -0.3 is 4.90 Å². The van der Waals surface area contributed by atoms with Crippen LogP contribution in [-0.4, -0.2) is 41.4 Å². The molecule has 1 saturated carbocycles. The van der Waals surface area contributed by atoms with Gasteiger partial charge in [-0.25, -0.2) is 0 Å². The molecule has 3 saturated heterocycles. The highest BCUT2D eigenvalue weighted by atomic mass is 35.5. The molecule has 0 N–H and O–H groups in total. The summed E-state index contributed by atoms with van der Waals surface area (Å²) in [5.74, 6) is 1.42. The Bertz CT molecular complexity index is 555. The number of hydrogen-bond donors (Lipinski definition) is 0. The van der Waals surface area contributed by atoms with Gasteiger partial charge in [-0.15, -0.1) is 0 Å². The van der Waals surface area contributed by atoms with E-state index < -0.39 is 0 Å². The number of rotatable bonds is 4. The molecule has 118 valence electrons. The number of halogens is 1. The van der Waals surface area contributed by atoms with E-state index in [1.54, 1.807) is 0 Å². The van der Waals surface area contributed by atoms with Crippen LogP contribution < -0.4 is 0 Å². The summed E-state index contributed by atoms with van der Waals surface area (Å²) in [7, 11) is 0. The van der Waals surface area contributed by atoms with Crippen molar-refractivity contribution in [2.24, 2.45) is 11.8 Å². The standard InChI is InChI=1S/C18H23ClN2O/c19-16-6-3-13(4-7-16)9-20-11-15-5-8-17(12-20)21(18(15)22)10-14-1-2-14/h3-4,6-7,14-15,17H,1-2,5,8-12H2/t15-,17+/m1/s1. The lowest BCUT2D eigenvalue weighted by molar-refractivity contribution is -0.140. The molecule has 2 atom stereocenters. The van der Waals surface area contributed by atoms with Crippen LogP contribution in [0, 0.1) is 11.8 Å². The number of benzene rings is 1. The molecule has 5 rings (SSSR count). The zero-order valence-corrected chi connectivity index (χ0v) is 13.6. The van der Waals surface area contributed by atoms with Crippen LogP contribution in [-0.2, 0) is 11.3 Å². The van der Waals surface area contributed by atoms with Crippen molar-refractivity contribution >= 4 is 17.5 Å². The molecule has 22 heavy (non-hydrogen) atoms. The molecule has 3 heterocycles. The van der Waals surface area contributed by atoms with Gasteiger partial charge in [0.1, 0.15) is 0 Å². The van der Waals surface area contributed by atoms with Crippen molar-refractivity contribution in [3.8, 4) is 0 Å². The molecule has 3 nitrogen and oxygen atoms in total. The highest BCUT2D eigenvalue weighted by Crippen LogP contribution is 2.35. The fourth-order valence-electron chi connectivity index (χ4n) is 3.93. The molecule has 4 heteroatoms. The van der Waals surface area contributed by atoms with Crippen molar-refractivity contribution in [3.05, 3.63) is 34.9 Å². The molecule has 1 aromatic carbocycles. The summed E-state index contributed by atoms with van der Waals surface area (Å²) >= 11 is 5.96. The highest BCUT2D eigenvalue weighted by molar-refractivity contribution is 6.30. The van der Waals surface area contributed by atoms with Crippen LogP contribution >= 0.6 is 11.6 Å². The third-order valence-electron chi connectivity index (χ3n) is 5.34. The summed E-state index contributed by atoms with van der Waals surface area (Å²) < 4.78 is 0. The van der Waals surface area contributed by atoms with Gasteiger partial charge in [-0.1, -0.05) is 23.7 Å². The Labute approximate surface area is 137 Å². The Morgan fingerprint density at radius 1 is 1.05 bits per heavy atom. The van der Waals surface area contributed by atoms with Crippen LogP contribution in [0.3, 0.4) is 0 Å². The monoisotopic (exact) mass is 318 g/mol. The topological polar surface area (TPSA) is 23.6 Å². The average molecular weight is 319 g/mol. The number of carbonyl (C=O) groups excluding carboxylic acids is 1. The predicted octanol–water partition coefficient (Wildman–Crippen LogP) is 3.17. The second-order valence-corrected chi connectivity index (χ2v) is 7.62. The van der Waals surface area contributed by atoms with Gasteiger partial charge in [-0.2, -0.15) is 0 Å². The van der Waals surface area contributed by atoms with Crippen molar-refractivity contribution in [3.63, 3.8) is 0 Å². The Morgan fingerprint density at radius 2 is 1.82 bits per heavy atom. The van der Waals surface area contributed by atoms with E-state index in [4.69, 9.17) is 11.6 Å². The summed E-state index contributed by atoms with van der Waals surface area (Å²) in [6.45, 7) is 3.88. The SMILES string of the molecule is O=C1[C@@H]2CC[C@@H](CN(Cc3ccc(Cl)cc3)C2)N1CC1CC1. The molecule has 4 fully saturated rings. The lowest BCUT2D eigenvalue weighted by Crippen LogP contribution is -2.48. The first-order chi connectivity index (χ1) is 10.7. The van der Waals surface area contributed by atoms with Crippen LogP contribution in [0.5, 0.6) is 0 Å². The molecule has 3 aliphatic heterocycles. The molecule has 0 aromatic heterocycles. The first kappa shape index (κ1) is 14.5. The van der Waals surface area contributed by atoms with Crippen LogP contribution in [0.25, 0.3) is 0 Å². The van der Waals surface area contributed by atoms with Gasteiger partial charge in [0.2, 0.25) is 5.91 Å². The van der Waals surface area contributed by atoms with E-state index in [0.717, 1.165) is 43.5 Å². The van der Waals surface area contributed by atoms with Crippen molar-refractivity contribution in [2.45, 2.75) is 38.3 Å². The molecular formula is C18H23ClN2O. The summed E-state index contributed by atoms with van der Waals surface area (Å²) in [6, 6.07) is 8.53. The van der Waals surface area contributed by atoms with E-state index >= 15 is 0 Å². The van der Waals surface area contributed by atoms with Gasteiger partial charge in [-0.05, 0) is 49.3 Å². The van der Waals surface area contributed by atoms with Gasteiger partial charge in [0.05, 0.1) is 5.92 Å². The summed E-state index contributed by atoms with van der Waals surface area (Å²) in [4.78, 5) is 17.4. The number of nitrogens with zero attached hydrogens (tertiary/aromatic N) is 2. The lowest BCUT2D eigenvalue weighted by Gasteiger charge is -2.36. The fourth-order valence-corrected chi connectivity index (χ4v) is 4.05. The Morgan fingerprint density at radius 3 is 2.55 bits per heavy atom. The van der Waals surface area contributed by atoms with E-state index in [0.29, 0.717) is 11.9 Å². The molecule has 2 bridgehead atoms. The predicted molar refractivity (Wildman–Crippen MR) is 87.7 cm³/mol. The maximum Gasteiger partial charge on any atom is 0.227 e. The molecule has 0 spiro atoms. The Hall–Kier alpha value is -1.06. The zero-order chi connectivity index (χ0) is 15.1. The third kappa shape index (κ3) is 3.02. The fraction of sp³-hybridized carbons (Fsp3) is 0.611. The quantitative estimate of drug-likeness (QED) is 0.851. The van der Waals surface area contributed by atoms with Crippen molar-refractivity contribution in [1.82, 2.24) is 9.80 Å². The molecule has 1 aromatic rings. The second kappa shape index (κ2) is 5.86. The number of fused-ring (bicyclic) bond motifs is 4. The van der Waals surface area contributed by atoms with Gasteiger partial charge in [0.15, 0.2) is 0 Å². The minimum Gasteiger partial charge on any atom is -0.338 e.